The number of hydrogen-bond donors (Lipinski definition) is 2. The molecule has 41 heavy (non-hydrogen) atoms. The quantitative estimate of drug-likeness (QED) is 0.368. The van der Waals surface area contributed by atoms with E-state index in [1.165, 1.54) is 0 Å². The molecular formula is C33H34N2O6. The highest BCUT2D eigenvalue weighted by Gasteiger charge is 2.41. The van der Waals surface area contributed by atoms with Gasteiger partial charge >= 0.3 is 0 Å². The number of carbonyl (C=O) groups excluding carboxylic acids is 2. The lowest BCUT2D eigenvalue weighted by Gasteiger charge is -2.37. The number of allylic oxidation sites excluding steroid dienone is 3. The maximum Gasteiger partial charge on any atom is 0.254 e. The molecule has 0 bridgehead atoms. The van der Waals surface area contributed by atoms with Crippen LogP contribution in [0.1, 0.15) is 42.7 Å². The first kappa shape index (κ1) is 27.8. The Balaban J connectivity index is 1.55. The molecule has 1 aliphatic heterocycles. The number of benzene rings is 3. The van der Waals surface area contributed by atoms with Gasteiger partial charge in [0, 0.05) is 34.9 Å². The van der Waals surface area contributed by atoms with E-state index in [1.54, 1.807) is 40.6 Å². The first-order valence-electron chi connectivity index (χ1n) is 13.4. The number of Topliss-reactive ketones (excluding diaryl/α,β-unsaturated/α-hetero) is 1. The van der Waals surface area contributed by atoms with Crippen molar-refractivity contribution >= 4 is 17.4 Å². The van der Waals surface area contributed by atoms with Crippen molar-refractivity contribution in [2.75, 3.05) is 33.8 Å². The fraction of sp³-hybridized carbons (Fsp3) is 0.273. The van der Waals surface area contributed by atoms with E-state index in [0.717, 1.165) is 16.8 Å². The molecule has 0 saturated carbocycles. The normalized spacial score (nSPS) is 18.3. The summed E-state index contributed by atoms with van der Waals surface area (Å²) >= 11 is 0. The molecule has 212 valence electrons. The molecule has 0 unspecified atom stereocenters. The summed E-state index contributed by atoms with van der Waals surface area (Å²) in [4.78, 5) is 27.9. The molecule has 3 aromatic carbocycles. The summed E-state index contributed by atoms with van der Waals surface area (Å²) in [6.45, 7) is 1.88. The fourth-order valence-electron chi connectivity index (χ4n) is 5.75. The summed E-state index contributed by atoms with van der Waals surface area (Å²) in [6, 6.07) is 20.5. The zero-order chi connectivity index (χ0) is 29.1. The predicted molar refractivity (Wildman–Crippen MR) is 157 cm³/mol. The molecule has 0 saturated heterocycles. The average Bonchev–Trinajstić information content (AvgIpc) is 3.00. The number of anilines is 1. The molecule has 5 rings (SSSR count). The average molecular weight is 555 g/mol. The molecule has 2 atom stereocenters. The van der Waals surface area contributed by atoms with Gasteiger partial charge in [-0.15, -0.1) is 0 Å². The molecule has 8 nitrogen and oxygen atoms in total. The minimum absolute atomic E-state index is 0.00514. The molecule has 2 aliphatic rings. The largest absolute Gasteiger partial charge is 0.497 e. The fourth-order valence-corrected chi connectivity index (χ4v) is 5.75. The highest BCUT2D eigenvalue weighted by Crippen LogP contribution is 2.46. The number of dihydropyridines is 1. The van der Waals surface area contributed by atoms with Gasteiger partial charge in [-0.25, -0.2) is 0 Å². The molecule has 8 heteroatoms. The van der Waals surface area contributed by atoms with Gasteiger partial charge in [0.25, 0.3) is 5.91 Å². The van der Waals surface area contributed by atoms with Crippen LogP contribution < -0.4 is 29.6 Å². The number of amides is 1. The van der Waals surface area contributed by atoms with Crippen molar-refractivity contribution in [1.29, 1.82) is 0 Å². The molecule has 3 aromatic rings. The Morgan fingerprint density at radius 2 is 1.49 bits per heavy atom. The Labute approximate surface area is 240 Å². The summed E-state index contributed by atoms with van der Waals surface area (Å²) in [5.74, 6) is 1.59. The van der Waals surface area contributed by atoms with Crippen molar-refractivity contribution in [3.8, 4) is 23.0 Å². The Bertz CT molecular complexity index is 1540. The lowest BCUT2D eigenvalue weighted by Crippen LogP contribution is -2.37. The number of hydrogen-bond acceptors (Lipinski definition) is 7. The molecule has 0 aromatic heterocycles. The van der Waals surface area contributed by atoms with Crippen LogP contribution >= 0.6 is 0 Å². The van der Waals surface area contributed by atoms with Gasteiger partial charge in [-0.1, -0.05) is 30.3 Å². The van der Waals surface area contributed by atoms with Crippen molar-refractivity contribution in [2.45, 2.75) is 31.6 Å². The topological polar surface area (TPSA) is 95.1 Å². The van der Waals surface area contributed by atoms with Crippen molar-refractivity contribution in [1.82, 2.24) is 5.32 Å². The first-order chi connectivity index (χ1) is 19.9. The SMILES string of the molecule is COc1ccc([C@@H]2C(C(=O)Nc3ccccc3OC)=C(C)NC3=C2C(=O)C[C@@H](c2ccc(OC)c(OC)c2)C3)cc1. The Morgan fingerprint density at radius 1 is 0.805 bits per heavy atom. The van der Waals surface area contributed by atoms with Gasteiger partial charge in [-0.05, 0) is 66.8 Å². The maximum atomic E-state index is 14.0. The third-order valence-electron chi connectivity index (χ3n) is 7.76. The highest BCUT2D eigenvalue weighted by molar-refractivity contribution is 6.10. The number of ether oxygens (including phenoxy) is 4. The molecule has 0 spiro atoms. The first-order valence-corrected chi connectivity index (χ1v) is 13.4. The van der Waals surface area contributed by atoms with Gasteiger partial charge in [0.05, 0.1) is 34.1 Å². The summed E-state index contributed by atoms with van der Waals surface area (Å²) in [6.07, 6.45) is 0.922. The van der Waals surface area contributed by atoms with Crippen molar-refractivity contribution in [3.05, 3.63) is 100 Å². The van der Waals surface area contributed by atoms with E-state index in [9.17, 15) is 9.59 Å². The van der Waals surface area contributed by atoms with Crippen LogP contribution in [0.5, 0.6) is 23.0 Å². The zero-order valence-electron chi connectivity index (χ0n) is 23.9. The second-order valence-corrected chi connectivity index (χ2v) is 10.1. The van der Waals surface area contributed by atoms with E-state index in [2.05, 4.69) is 10.6 Å². The molecule has 1 amide bonds. The lowest BCUT2D eigenvalue weighted by atomic mass is 9.71. The Morgan fingerprint density at radius 3 is 2.17 bits per heavy atom. The van der Waals surface area contributed by atoms with Crippen LogP contribution in [-0.2, 0) is 9.59 Å². The van der Waals surface area contributed by atoms with Gasteiger partial charge in [-0.3, -0.25) is 9.59 Å². The molecule has 1 heterocycles. The summed E-state index contributed by atoms with van der Waals surface area (Å²) in [5.41, 5.74) is 5.00. The van der Waals surface area contributed by atoms with Crippen LogP contribution in [0.4, 0.5) is 5.69 Å². The Hall–Kier alpha value is -4.72. The minimum Gasteiger partial charge on any atom is -0.497 e. The van der Waals surface area contributed by atoms with Gasteiger partial charge in [-0.2, -0.15) is 0 Å². The standard InChI is InChI=1S/C33H34N2O6/c1-19-30(33(37)35-24-8-6-7-9-27(24)39-3)31(20-10-13-23(38-2)14-11-20)32-25(34-19)16-22(17-26(32)36)21-12-15-28(40-4)29(18-21)41-5/h6-15,18,22,31,34H,16-17H2,1-5H3,(H,35,37)/t22-,31+/m0/s1. The van der Waals surface area contributed by atoms with Gasteiger partial charge in [0.15, 0.2) is 17.3 Å². The smallest absolute Gasteiger partial charge is 0.254 e. The minimum atomic E-state index is -0.550. The van der Waals surface area contributed by atoms with Crippen LogP contribution in [0.3, 0.4) is 0 Å². The Kier molecular flexibility index (Phi) is 8.01. The number of carbonyl (C=O) groups is 2. The third-order valence-corrected chi connectivity index (χ3v) is 7.76. The lowest BCUT2D eigenvalue weighted by molar-refractivity contribution is -0.116. The predicted octanol–water partition coefficient (Wildman–Crippen LogP) is 5.72. The van der Waals surface area contributed by atoms with E-state index in [0.29, 0.717) is 58.4 Å². The molecular weight excluding hydrogens is 520 g/mol. The summed E-state index contributed by atoms with van der Waals surface area (Å²) < 4.78 is 21.7. The summed E-state index contributed by atoms with van der Waals surface area (Å²) in [7, 11) is 6.36. The van der Waals surface area contributed by atoms with Crippen LogP contribution in [0.25, 0.3) is 0 Å². The van der Waals surface area contributed by atoms with Crippen LogP contribution in [0, 0.1) is 0 Å². The van der Waals surface area contributed by atoms with E-state index in [1.807, 2.05) is 61.5 Å². The van der Waals surface area contributed by atoms with Crippen LogP contribution in [0.2, 0.25) is 0 Å². The monoisotopic (exact) mass is 554 g/mol. The van der Waals surface area contributed by atoms with Gasteiger partial charge < -0.3 is 29.6 Å². The molecule has 0 radical (unpaired) electrons. The second-order valence-electron chi connectivity index (χ2n) is 10.1. The van der Waals surface area contributed by atoms with Crippen molar-refractivity contribution in [2.24, 2.45) is 0 Å². The molecule has 2 N–H and O–H groups in total. The second kappa shape index (κ2) is 11.8. The zero-order valence-corrected chi connectivity index (χ0v) is 23.9. The third kappa shape index (κ3) is 5.37. The van der Waals surface area contributed by atoms with E-state index < -0.39 is 5.92 Å². The van der Waals surface area contributed by atoms with E-state index in [-0.39, 0.29) is 17.6 Å². The van der Waals surface area contributed by atoms with Crippen LogP contribution in [0.15, 0.2) is 89.3 Å². The van der Waals surface area contributed by atoms with Crippen LogP contribution in [-0.4, -0.2) is 40.1 Å². The van der Waals surface area contributed by atoms with Gasteiger partial charge in [0.2, 0.25) is 0 Å². The maximum absolute atomic E-state index is 14.0. The van der Waals surface area contributed by atoms with E-state index in [4.69, 9.17) is 18.9 Å². The van der Waals surface area contributed by atoms with Crippen molar-refractivity contribution < 1.29 is 28.5 Å². The molecule has 0 fully saturated rings. The summed E-state index contributed by atoms with van der Waals surface area (Å²) in [5, 5.41) is 6.44. The molecule has 1 aliphatic carbocycles. The van der Waals surface area contributed by atoms with Crippen molar-refractivity contribution in [3.63, 3.8) is 0 Å². The number of nitrogens with one attached hydrogen (secondary N) is 2. The number of ketones is 1. The van der Waals surface area contributed by atoms with Gasteiger partial charge in [0.1, 0.15) is 11.5 Å². The number of rotatable bonds is 8. The number of para-hydroxylation sites is 2. The number of methoxy groups -OCH3 is 4. The highest BCUT2D eigenvalue weighted by atomic mass is 16.5. The van der Waals surface area contributed by atoms with E-state index >= 15 is 0 Å².